The molecular formula is C20H24N6O. The molecule has 1 aliphatic heterocycles. The molecule has 3 heterocycles. The lowest BCUT2D eigenvalue weighted by molar-refractivity contribution is -0.131. The first-order valence-electron chi connectivity index (χ1n) is 9.34. The molecule has 140 valence electrons. The first-order chi connectivity index (χ1) is 13.1. The predicted octanol–water partition coefficient (Wildman–Crippen LogP) is 1.95. The van der Waals surface area contributed by atoms with E-state index in [0.29, 0.717) is 6.42 Å². The van der Waals surface area contributed by atoms with E-state index in [0.717, 1.165) is 55.1 Å². The number of anilines is 1. The number of piperazine rings is 1. The SMILES string of the molecule is Cc1nn(C)c2c(N3CCN(C(=O)CCc4ccccc4)CC3)ncnc12. The molecule has 4 rings (SSSR count). The van der Waals surface area contributed by atoms with E-state index in [2.05, 4.69) is 32.1 Å². The van der Waals surface area contributed by atoms with Crippen LogP contribution in [0.3, 0.4) is 0 Å². The Kier molecular flexibility index (Phi) is 4.75. The largest absolute Gasteiger partial charge is 0.351 e. The van der Waals surface area contributed by atoms with Crippen LogP contribution >= 0.6 is 0 Å². The van der Waals surface area contributed by atoms with Gasteiger partial charge in [0.15, 0.2) is 5.82 Å². The van der Waals surface area contributed by atoms with Gasteiger partial charge in [-0.05, 0) is 18.9 Å². The highest BCUT2D eigenvalue weighted by Gasteiger charge is 2.24. The van der Waals surface area contributed by atoms with E-state index in [1.165, 1.54) is 5.56 Å². The van der Waals surface area contributed by atoms with Crippen LogP contribution in [0.4, 0.5) is 5.82 Å². The molecule has 0 radical (unpaired) electrons. The third kappa shape index (κ3) is 3.49. The van der Waals surface area contributed by atoms with Crippen LogP contribution in [0.25, 0.3) is 11.0 Å². The summed E-state index contributed by atoms with van der Waals surface area (Å²) >= 11 is 0. The molecule has 0 spiro atoms. The van der Waals surface area contributed by atoms with Crippen molar-refractivity contribution in [2.45, 2.75) is 19.8 Å². The normalized spacial score (nSPS) is 14.7. The molecule has 0 unspecified atom stereocenters. The first-order valence-corrected chi connectivity index (χ1v) is 9.34. The fraction of sp³-hybridized carbons (Fsp3) is 0.400. The zero-order chi connectivity index (χ0) is 18.8. The monoisotopic (exact) mass is 364 g/mol. The van der Waals surface area contributed by atoms with E-state index in [4.69, 9.17) is 0 Å². The maximum atomic E-state index is 12.6. The Hall–Kier alpha value is -2.96. The zero-order valence-corrected chi connectivity index (χ0v) is 15.8. The van der Waals surface area contributed by atoms with Crippen molar-refractivity contribution >= 4 is 22.8 Å². The van der Waals surface area contributed by atoms with Gasteiger partial charge < -0.3 is 9.80 Å². The van der Waals surface area contributed by atoms with Crippen LogP contribution < -0.4 is 4.90 Å². The number of benzene rings is 1. The summed E-state index contributed by atoms with van der Waals surface area (Å²) in [5, 5.41) is 4.46. The highest BCUT2D eigenvalue weighted by molar-refractivity contribution is 5.88. The smallest absolute Gasteiger partial charge is 0.223 e. The number of amides is 1. The molecule has 0 atom stereocenters. The van der Waals surface area contributed by atoms with Gasteiger partial charge in [-0.25, -0.2) is 9.97 Å². The number of nitrogens with zero attached hydrogens (tertiary/aromatic N) is 6. The minimum absolute atomic E-state index is 0.225. The van der Waals surface area contributed by atoms with E-state index in [-0.39, 0.29) is 5.91 Å². The summed E-state index contributed by atoms with van der Waals surface area (Å²) in [6, 6.07) is 10.2. The van der Waals surface area contributed by atoms with E-state index in [9.17, 15) is 4.79 Å². The van der Waals surface area contributed by atoms with Crippen molar-refractivity contribution in [2.75, 3.05) is 31.1 Å². The van der Waals surface area contributed by atoms with Gasteiger partial charge >= 0.3 is 0 Å². The molecular weight excluding hydrogens is 340 g/mol. The molecule has 0 N–H and O–H groups in total. The lowest BCUT2D eigenvalue weighted by Crippen LogP contribution is -2.49. The van der Waals surface area contributed by atoms with Gasteiger partial charge in [-0.2, -0.15) is 5.10 Å². The zero-order valence-electron chi connectivity index (χ0n) is 15.8. The molecule has 27 heavy (non-hydrogen) atoms. The predicted molar refractivity (Wildman–Crippen MR) is 105 cm³/mol. The fourth-order valence-corrected chi connectivity index (χ4v) is 3.71. The van der Waals surface area contributed by atoms with Crippen molar-refractivity contribution < 1.29 is 4.79 Å². The van der Waals surface area contributed by atoms with Crippen LogP contribution in [0.15, 0.2) is 36.7 Å². The average molecular weight is 364 g/mol. The number of carbonyl (C=O) groups is 1. The van der Waals surface area contributed by atoms with Crippen molar-refractivity contribution in [3.63, 3.8) is 0 Å². The molecule has 1 aromatic carbocycles. The third-order valence-electron chi connectivity index (χ3n) is 5.17. The third-order valence-corrected chi connectivity index (χ3v) is 5.17. The minimum Gasteiger partial charge on any atom is -0.351 e. The van der Waals surface area contributed by atoms with Crippen molar-refractivity contribution in [2.24, 2.45) is 7.05 Å². The second-order valence-electron chi connectivity index (χ2n) is 6.96. The maximum absolute atomic E-state index is 12.6. The quantitative estimate of drug-likeness (QED) is 0.708. The summed E-state index contributed by atoms with van der Waals surface area (Å²) in [5.41, 5.74) is 3.97. The lowest BCUT2D eigenvalue weighted by Gasteiger charge is -2.35. The number of hydrogen-bond acceptors (Lipinski definition) is 5. The van der Waals surface area contributed by atoms with Crippen molar-refractivity contribution in [1.82, 2.24) is 24.6 Å². The molecule has 1 amide bonds. The molecule has 1 fully saturated rings. The summed E-state index contributed by atoms with van der Waals surface area (Å²) in [6.45, 7) is 4.94. The molecule has 2 aromatic heterocycles. The number of aromatic nitrogens is 4. The number of rotatable bonds is 4. The Bertz CT molecular complexity index is 944. The summed E-state index contributed by atoms with van der Waals surface area (Å²) < 4.78 is 1.84. The summed E-state index contributed by atoms with van der Waals surface area (Å²) in [7, 11) is 1.92. The van der Waals surface area contributed by atoms with E-state index >= 15 is 0 Å². The molecule has 7 heteroatoms. The van der Waals surface area contributed by atoms with Gasteiger partial charge in [0.2, 0.25) is 5.91 Å². The van der Waals surface area contributed by atoms with Crippen molar-refractivity contribution in [1.29, 1.82) is 0 Å². The van der Waals surface area contributed by atoms with Gasteiger partial charge in [-0.3, -0.25) is 9.48 Å². The van der Waals surface area contributed by atoms with Gasteiger partial charge in [-0.1, -0.05) is 30.3 Å². The highest BCUT2D eigenvalue weighted by atomic mass is 16.2. The molecule has 7 nitrogen and oxygen atoms in total. The van der Waals surface area contributed by atoms with Crippen LogP contribution in [0.2, 0.25) is 0 Å². The van der Waals surface area contributed by atoms with Crippen LogP contribution in [0, 0.1) is 6.92 Å². The average Bonchev–Trinajstić information content (AvgIpc) is 3.01. The Labute approximate surface area is 158 Å². The second kappa shape index (κ2) is 7.34. The van der Waals surface area contributed by atoms with Crippen LogP contribution in [0.1, 0.15) is 17.7 Å². The Morgan fingerprint density at radius 2 is 1.81 bits per heavy atom. The van der Waals surface area contributed by atoms with E-state index < -0.39 is 0 Å². The van der Waals surface area contributed by atoms with E-state index in [1.54, 1.807) is 6.33 Å². The summed E-state index contributed by atoms with van der Waals surface area (Å²) in [6.07, 6.45) is 2.95. The first kappa shape index (κ1) is 17.5. The summed E-state index contributed by atoms with van der Waals surface area (Å²) in [5.74, 6) is 1.13. The maximum Gasteiger partial charge on any atom is 0.223 e. The fourth-order valence-electron chi connectivity index (χ4n) is 3.71. The van der Waals surface area contributed by atoms with Gasteiger partial charge in [-0.15, -0.1) is 0 Å². The van der Waals surface area contributed by atoms with Gasteiger partial charge in [0, 0.05) is 39.6 Å². The van der Waals surface area contributed by atoms with Crippen LogP contribution in [-0.4, -0.2) is 56.7 Å². The molecule has 3 aromatic rings. The Balaban J connectivity index is 1.40. The highest BCUT2D eigenvalue weighted by Crippen LogP contribution is 2.25. The van der Waals surface area contributed by atoms with Crippen LogP contribution in [0.5, 0.6) is 0 Å². The molecule has 0 saturated carbocycles. The Morgan fingerprint density at radius 3 is 2.56 bits per heavy atom. The molecule has 0 bridgehead atoms. The van der Waals surface area contributed by atoms with Gasteiger partial charge in [0.25, 0.3) is 0 Å². The number of fused-ring (bicyclic) bond motifs is 1. The second-order valence-corrected chi connectivity index (χ2v) is 6.96. The van der Waals surface area contributed by atoms with Crippen LogP contribution in [-0.2, 0) is 18.3 Å². The van der Waals surface area contributed by atoms with Crippen molar-refractivity contribution in [3.05, 3.63) is 47.9 Å². The summed E-state index contributed by atoms with van der Waals surface area (Å²) in [4.78, 5) is 25.6. The molecule has 1 saturated heterocycles. The number of aryl methyl sites for hydroxylation is 3. The Morgan fingerprint density at radius 1 is 1.07 bits per heavy atom. The standard InChI is InChI=1S/C20H24N6O/c1-15-18-19(24(2)23-15)20(22-14-21-18)26-12-10-25(11-13-26)17(27)9-8-16-6-4-3-5-7-16/h3-7,14H,8-13H2,1-2H3. The van der Waals surface area contributed by atoms with Crippen molar-refractivity contribution in [3.8, 4) is 0 Å². The van der Waals surface area contributed by atoms with E-state index in [1.807, 2.05) is 41.8 Å². The van der Waals surface area contributed by atoms with Gasteiger partial charge in [0.05, 0.1) is 5.69 Å². The minimum atomic E-state index is 0.225. The van der Waals surface area contributed by atoms with Gasteiger partial charge in [0.1, 0.15) is 17.4 Å². The number of carbonyl (C=O) groups excluding carboxylic acids is 1. The lowest BCUT2D eigenvalue weighted by atomic mass is 10.1. The molecule has 1 aliphatic rings. The molecule has 0 aliphatic carbocycles. The topological polar surface area (TPSA) is 67.2 Å². The number of hydrogen-bond donors (Lipinski definition) is 0.